The van der Waals surface area contributed by atoms with E-state index in [1.165, 1.54) is 31.4 Å². The fraction of sp³-hybridized carbons (Fsp3) is 0.647. The Hall–Kier alpha value is -1.02. The average molecular weight is 261 g/mol. The number of ether oxygens (including phenoxy) is 1. The van der Waals surface area contributed by atoms with Crippen LogP contribution in [0.25, 0.3) is 0 Å². The summed E-state index contributed by atoms with van der Waals surface area (Å²) in [7, 11) is 4.01. The van der Waals surface area contributed by atoms with Gasteiger partial charge in [-0.3, -0.25) is 0 Å². The van der Waals surface area contributed by atoms with Crippen LogP contribution < -0.4 is 4.74 Å². The van der Waals surface area contributed by atoms with Crippen LogP contribution in [-0.2, 0) is 5.41 Å². The molecule has 1 heterocycles. The van der Waals surface area contributed by atoms with E-state index in [4.69, 9.17) is 4.74 Å². The van der Waals surface area contributed by atoms with Crippen molar-refractivity contribution in [2.75, 3.05) is 27.2 Å². The van der Waals surface area contributed by atoms with Crippen molar-refractivity contribution in [1.82, 2.24) is 4.90 Å². The number of rotatable bonds is 3. The maximum atomic E-state index is 5.40. The molecule has 0 N–H and O–H groups in total. The van der Waals surface area contributed by atoms with E-state index in [1.54, 1.807) is 7.11 Å². The quantitative estimate of drug-likeness (QED) is 0.822. The van der Waals surface area contributed by atoms with Crippen molar-refractivity contribution in [3.63, 3.8) is 0 Å². The number of likely N-dealkylation sites (N-methyl/N-ethyl adjacent to an activating group) is 1. The highest BCUT2D eigenvalue weighted by molar-refractivity contribution is 5.34. The molecule has 1 aliphatic heterocycles. The van der Waals surface area contributed by atoms with Gasteiger partial charge < -0.3 is 9.64 Å². The van der Waals surface area contributed by atoms with Crippen LogP contribution in [-0.4, -0.2) is 32.1 Å². The smallest absolute Gasteiger partial charge is 0.119 e. The Balaban J connectivity index is 2.34. The highest BCUT2D eigenvalue weighted by atomic mass is 16.5. The Morgan fingerprint density at radius 1 is 1.42 bits per heavy atom. The molecule has 1 fully saturated rings. The standard InChI is InChI=1S/C17H27NO/c1-5-17(10-9-14(2)12-18(3)13-17)15-7-6-8-16(11-15)19-4/h6-8,11,14H,5,9-10,12-13H2,1-4H3. The molecule has 2 heteroatoms. The molecule has 106 valence electrons. The molecule has 0 spiro atoms. The maximum absolute atomic E-state index is 5.40. The second kappa shape index (κ2) is 5.96. The first kappa shape index (κ1) is 14.4. The van der Waals surface area contributed by atoms with Crippen LogP contribution in [0.3, 0.4) is 0 Å². The molecule has 19 heavy (non-hydrogen) atoms. The molecule has 2 unspecified atom stereocenters. The molecule has 1 aliphatic rings. The summed E-state index contributed by atoms with van der Waals surface area (Å²) < 4.78 is 5.40. The molecule has 2 nitrogen and oxygen atoms in total. The van der Waals surface area contributed by atoms with Crippen molar-refractivity contribution >= 4 is 0 Å². The summed E-state index contributed by atoms with van der Waals surface area (Å²) >= 11 is 0. The monoisotopic (exact) mass is 261 g/mol. The number of hydrogen-bond acceptors (Lipinski definition) is 2. The minimum Gasteiger partial charge on any atom is -0.497 e. The third kappa shape index (κ3) is 3.11. The zero-order valence-corrected chi connectivity index (χ0v) is 12.8. The van der Waals surface area contributed by atoms with Gasteiger partial charge in [0, 0.05) is 18.5 Å². The van der Waals surface area contributed by atoms with Gasteiger partial charge in [0.1, 0.15) is 5.75 Å². The lowest BCUT2D eigenvalue weighted by atomic mass is 9.74. The molecule has 0 aliphatic carbocycles. The van der Waals surface area contributed by atoms with Gasteiger partial charge in [0.2, 0.25) is 0 Å². The van der Waals surface area contributed by atoms with Gasteiger partial charge >= 0.3 is 0 Å². The summed E-state index contributed by atoms with van der Waals surface area (Å²) in [5, 5.41) is 0. The van der Waals surface area contributed by atoms with E-state index in [2.05, 4.69) is 44.0 Å². The van der Waals surface area contributed by atoms with E-state index in [9.17, 15) is 0 Å². The summed E-state index contributed by atoms with van der Waals surface area (Å²) in [4.78, 5) is 2.50. The Kier molecular flexibility index (Phi) is 4.51. The normalized spacial score (nSPS) is 28.9. The largest absolute Gasteiger partial charge is 0.497 e. The van der Waals surface area contributed by atoms with Crippen LogP contribution in [0.4, 0.5) is 0 Å². The number of benzene rings is 1. The molecule has 0 aromatic heterocycles. The molecule has 2 rings (SSSR count). The van der Waals surface area contributed by atoms with Crippen molar-refractivity contribution in [3.8, 4) is 5.75 Å². The van der Waals surface area contributed by atoms with Gasteiger partial charge in [0.15, 0.2) is 0 Å². The Morgan fingerprint density at radius 2 is 2.21 bits per heavy atom. The van der Waals surface area contributed by atoms with Gasteiger partial charge in [-0.15, -0.1) is 0 Å². The molecule has 1 aromatic carbocycles. The molecule has 0 amide bonds. The summed E-state index contributed by atoms with van der Waals surface area (Å²) in [5.41, 5.74) is 1.73. The lowest BCUT2D eigenvalue weighted by Gasteiger charge is -2.35. The van der Waals surface area contributed by atoms with E-state index < -0.39 is 0 Å². The Bertz CT molecular complexity index is 417. The van der Waals surface area contributed by atoms with Gasteiger partial charge in [-0.25, -0.2) is 0 Å². The van der Waals surface area contributed by atoms with E-state index in [1.807, 2.05) is 6.07 Å². The van der Waals surface area contributed by atoms with E-state index in [0.29, 0.717) is 0 Å². The number of methoxy groups -OCH3 is 1. The van der Waals surface area contributed by atoms with E-state index in [0.717, 1.165) is 18.2 Å². The summed E-state index contributed by atoms with van der Waals surface area (Å²) in [6.07, 6.45) is 3.79. The molecular formula is C17H27NO. The van der Waals surface area contributed by atoms with Crippen molar-refractivity contribution in [3.05, 3.63) is 29.8 Å². The predicted molar refractivity (Wildman–Crippen MR) is 80.9 cm³/mol. The first-order valence-electron chi connectivity index (χ1n) is 7.43. The molecule has 1 aromatic rings. The van der Waals surface area contributed by atoms with Gasteiger partial charge in [0.05, 0.1) is 7.11 Å². The SMILES string of the molecule is CCC1(c2cccc(OC)c2)CCC(C)CN(C)C1. The van der Waals surface area contributed by atoms with E-state index >= 15 is 0 Å². The Morgan fingerprint density at radius 3 is 2.89 bits per heavy atom. The summed E-state index contributed by atoms with van der Waals surface area (Å²) in [5.74, 6) is 1.77. The zero-order valence-electron chi connectivity index (χ0n) is 12.8. The average Bonchev–Trinajstić information content (AvgIpc) is 2.58. The summed E-state index contributed by atoms with van der Waals surface area (Å²) in [6, 6.07) is 8.67. The van der Waals surface area contributed by atoms with Gasteiger partial charge in [-0.2, -0.15) is 0 Å². The van der Waals surface area contributed by atoms with Gasteiger partial charge in [-0.1, -0.05) is 26.0 Å². The second-order valence-corrected chi connectivity index (χ2v) is 6.21. The van der Waals surface area contributed by atoms with Crippen LogP contribution in [0.15, 0.2) is 24.3 Å². The van der Waals surface area contributed by atoms with Crippen molar-refractivity contribution in [1.29, 1.82) is 0 Å². The van der Waals surface area contributed by atoms with Crippen LogP contribution in [0, 0.1) is 5.92 Å². The van der Waals surface area contributed by atoms with Gasteiger partial charge in [-0.05, 0) is 49.9 Å². The molecule has 1 saturated heterocycles. The molecule has 0 saturated carbocycles. The molecular weight excluding hydrogens is 234 g/mol. The van der Waals surface area contributed by atoms with Crippen LogP contribution >= 0.6 is 0 Å². The maximum Gasteiger partial charge on any atom is 0.119 e. The molecule has 0 bridgehead atoms. The Labute approximate surface area is 117 Å². The first-order valence-corrected chi connectivity index (χ1v) is 7.43. The summed E-state index contributed by atoms with van der Waals surface area (Å²) in [6.45, 7) is 7.06. The van der Waals surface area contributed by atoms with Crippen LogP contribution in [0.2, 0.25) is 0 Å². The van der Waals surface area contributed by atoms with Crippen LogP contribution in [0.1, 0.15) is 38.7 Å². The van der Waals surface area contributed by atoms with Crippen molar-refractivity contribution in [2.45, 2.75) is 38.5 Å². The van der Waals surface area contributed by atoms with Gasteiger partial charge in [0.25, 0.3) is 0 Å². The zero-order chi connectivity index (χ0) is 13.9. The number of likely N-dealkylation sites (tertiary alicyclic amines) is 1. The highest BCUT2D eigenvalue weighted by Crippen LogP contribution is 2.38. The fourth-order valence-corrected chi connectivity index (χ4v) is 3.49. The highest BCUT2D eigenvalue weighted by Gasteiger charge is 2.34. The minimum atomic E-state index is 0.286. The minimum absolute atomic E-state index is 0.286. The van der Waals surface area contributed by atoms with Crippen molar-refractivity contribution in [2.24, 2.45) is 5.92 Å². The third-order valence-corrected chi connectivity index (χ3v) is 4.67. The second-order valence-electron chi connectivity index (χ2n) is 6.21. The first-order chi connectivity index (χ1) is 9.09. The number of nitrogens with zero attached hydrogens (tertiary/aromatic N) is 1. The van der Waals surface area contributed by atoms with E-state index in [-0.39, 0.29) is 5.41 Å². The number of hydrogen-bond donors (Lipinski definition) is 0. The topological polar surface area (TPSA) is 12.5 Å². The third-order valence-electron chi connectivity index (χ3n) is 4.67. The lowest BCUT2D eigenvalue weighted by molar-refractivity contribution is 0.248. The van der Waals surface area contributed by atoms with Crippen molar-refractivity contribution < 1.29 is 4.74 Å². The molecule has 0 radical (unpaired) electrons. The lowest BCUT2D eigenvalue weighted by Crippen LogP contribution is -2.37. The fourth-order valence-electron chi connectivity index (χ4n) is 3.49. The van der Waals surface area contributed by atoms with Crippen LogP contribution in [0.5, 0.6) is 5.75 Å². The predicted octanol–water partition coefficient (Wildman–Crippen LogP) is 3.70. The molecule has 2 atom stereocenters.